The second kappa shape index (κ2) is 7.43. The van der Waals surface area contributed by atoms with Gasteiger partial charge in [0.25, 0.3) is 0 Å². The van der Waals surface area contributed by atoms with E-state index in [-0.39, 0.29) is 12.5 Å². The lowest BCUT2D eigenvalue weighted by Gasteiger charge is -2.06. The maximum atomic E-state index is 10.5. The first kappa shape index (κ1) is 14.2. The zero-order chi connectivity index (χ0) is 14.2. The molecule has 0 saturated heterocycles. The van der Waals surface area contributed by atoms with Crippen LogP contribution in [0.4, 0.5) is 0 Å². The first-order chi connectivity index (χ1) is 9.78. The normalized spacial score (nSPS) is 10.4. The van der Waals surface area contributed by atoms with Gasteiger partial charge in [-0.2, -0.15) is 0 Å². The van der Waals surface area contributed by atoms with Crippen molar-refractivity contribution in [1.29, 1.82) is 0 Å². The van der Waals surface area contributed by atoms with Crippen LogP contribution in [0.15, 0.2) is 48.5 Å². The molecule has 0 amide bonds. The summed E-state index contributed by atoms with van der Waals surface area (Å²) in [6.07, 6.45) is 0.811. The Bertz CT molecular complexity index is 531. The lowest BCUT2D eigenvalue weighted by molar-refractivity contribution is -0.0689. The maximum absolute atomic E-state index is 10.5. The summed E-state index contributed by atoms with van der Waals surface area (Å²) in [4.78, 5) is 10.5. The van der Waals surface area contributed by atoms with E-state index in [2.05, 4.69) is 0 Å². The average molecular weight is 272 g/mol. The lowest BCUT2D eigenvalue weighted by Crippen LogP contribution is -2.00. The molecule has 0 atom stereocenters. The van der Waals surface area contributed by atoms with Gasteiger partial charge in [0.05, 0.1) is 13.2 Å². The highest BCUT2D eigenvalue weighted by atomic mass is 16.7. The summed E-state index contributed by atoms with van der Waals surface area (Å²) in [5.74, 6) is 0.240. The molecule has 104 valence electrons. The molecular formula is C16H16O4. The number of hydrogen-bond donors (Lipinski definition) is 1. The predicted octanol–water partition coefficient (Wildman–Crippen LogP) is 2.90. The largest absolute Gasteiger partial charge is 0.508 e. The topological polar surface area (TPSA) is 55.8 Å². The fourth-order valence-corrected chi connectivity index (χ4v) is 1.66. The molecule has 4 heteroatoms. The van der Waals surface area contributed by atoms with E-state index in [9.17, 15) is 4.79 Å². The van der Waals surface area contributed by atoms with Gasteiger partial charge in [-0.1, -0.05) is 36.4 Å². The van der Waals surface area contributed by atoms with Gasteiger partial charge in [-0.15, -0.1) is 0 Å². The Kier molecular flexibility index (Phi) is 5.29. The Morgan fingerprint density at radius 1 is 0.850 bits per heavy atom. The van der Waals surface area contributed by atoms with Crippen molar-refractivity contribution in [3.05, 3.63) is 65.2 Å². The number of rotatable bonds is 7. The second-order valence-corrected chi connectivity index (χ2v) is 4.34. The molecule has 0 fully saturated rings. The number of aromatic hydroxyl groups is 1. The van der Waals surface area contributed by atoms with Crippen LogP contribution in [0.25, 0.3) is 0 Å². The minimum absolute atomic E-state index is 0.191. The summed E-state index contributed by atoms with van der Waals surface area (Å²) in [6, 6.07) is 14.0. The highest BCUT2D eigenvalue weighted by Gasteiger charge is 1.96. The van der Waals surface area contributed by atoms with Gasteiger partial charge in [0.1, 0.15) is 18.8 Å². The van der Waals surface area contributed by atoms with Crippen molar-refractivity contribution in [1.82, 2.24) is 0 Å². The SMILES string of the molecule is O=Cc1ccc(COCOCc2ccc(O)cc2)cc1. The van der Waals surface area contributed by atoms with Crippen LogP contribution in [0.3, 0.4) is 0 Å². The minimum atomic E-state index is 0.191. The third kappa shape index (κ3) is 4.50. The third-order valence-corrected chi connectivity index (χ3v) is 2.76. The molecule has 1 N–H and O–H groups in total. The molecule has 2 aromatic rings. The van der Waals surface area contributed by atoms with Crippen molar-refractivity contribution in [3.63, 3.8) is 0 Å². The quantitative estimate of drug-likeness (QED) is 0.478. The van der Waals surface area contributed by atoms with Crippen LogP contribution in [0.5, 0.6) is 5.75 Å². The highest BCUT2D eigenvalue weighted by molar-refractivity contribution is 5.74. The first-order valence-electron chi connectivity index (χ1n) is 6.25. The van der Waals surface area contributed by atoms with Crippen molar-refractivity contribution in [2.75, 3.05) is 6.79 Å². The maximum Gasteiger partial charge on any atom is 0.150 e. The van der Waals surface area contributed by atoms with Crippen molar-refractivity contribution >= 4 is 6.29 Å². The van der Waals surface area contributed by atoms with E-state index in [0.717, 1.165) is 17.4 Å². The Balaban J connectivity index is 1.65. The van der Waals surface area contributed by atoms with Crippen LogP contribution >= 0.6 is 0 Å². The zero-order valence-electron chi connectivity index (χ0n) is 11.0. The van der Waals surface area contributed by atoms with Crippen molar-refractivity contribution in [2.24, 2.45) is 0 Å². The van der Waals surface area contributed by atoms with E-state index in [1.165, 1.54) is 0 Å². The predicted molar refractivity (Wildman–Crippen MR) is 74.4 cm³/mol. The van der Waals surface area contributed by atoms with Crippen molar-refractivity contribution in [3.8, 4) is 5.75 Å². The fraction of sp³-hybridized carbons (Fsp3) is 0.188. The van der Waals surface area contributed by atoms with Crippen LogP contribution in [0.1, 0.15) is 21.5 Å². The number of phenolic OH excluding ortho intramolecular Hbond substituents is 1. The molecule has 0 saturated carbocycles. The smallest absolute Gasteiger partial charge is 0.150 e. The molecule has 0 aliphatic rings. The molecule has 4 nitrogen and oxygen atoms in total. The van der Waals surface area contributed by atoms with Crippen LogP contribution in [0.2, 0.25) is 0 Å². The van der Waals surface area contributed by atoms with Gasteiger partial charge in [-0.05, 0) is 23.3 Å². The standard InChI is InChI=1S/C16H16O4/c17-9-13-1-3-14(4-2-13)10-19-12-20-11-15-5-7-16(18)8-6-15/h1-9,18H,10-12H2. The molecular weight excluding hydrogens is 256 g/mol. The molecule has 0 aliphatic heterocycles. The Morgan fingerprint density at radius 3 is 1.85 bits per heavy atom. The van der Waals surface area contributed by atoms with Crippen molar-refractivity contribution in [2.45, 2.75) is 13.2 Å². The molecule has 0 aromatic heterocycles. The number of hydrogen-bond acceptors (Lipinski definition) is 4. The van der Waals surface area contributed by atoms with E-state index in [1.807, 2.05) is 12.1 Å². The molecule has 0 heterocycles. The van der Waals surface area contributed by atoms with E-state index < -0.39 is 0 Å². The summed E-state index contributed by atoms with van der Waals surface area (Å²) in [7, 11) is 0. The summed E-state index contributed by atoms with van der Waals surface area (Å²) >= 11 is 0. The summed E-state index contributed by atoms with van der Waals surface area (Å²) < 4.78 is 10.7. The Morgan fingerprint density at radius 2 is 1.35 bits per heavy atom. The Hall–Kier alpha value is -2.17. The second-order valence-electron chi connectivity index (χ2n) is 4.34. The van der Waals surface area contributed by atoms with Crippen molar-refractivity contribution < 1.29 is 19.4 Å². The number of ether oxygens (including phenoxy) is 2. The monoisotopic (exact) mass is 272 g/mol. The van der Waals surface area contributed by atoms with Gasteiger partial charge in [0.15, 0.2) is 0 Å². The van der Waals surface area contributed by atoms with Crippen LogP contribution in [-0.2, 0) is 22.7 Å². The minimum Gasteiger partial charge on any atom is -0.508 e. The average Bonchev–Trinajstić information content (AvgIpc) is 2.49. The molecule has 0 radical (unpaired) electrons. The number of phenols is 1. The number of carbonyl (C=O) groups excluding carboxylic acids is 1. The van der Waals surface area contributed by atoms with Gasteiger partial charge in [0.2, 0.25) is 0 Å². The van der Waals surface area contributed by atoms with Crippen LogP contribution in [-0.4, -0.2) is 18.2 Å². The molecule has 0 aliphatic carbocycles. The lowest BCUT2D eigenvalue weighted by atomic mass is 10.2. The van der Waals surface area contributed by atoms with Crippen LogP contribution in [0, 0.1) is 0 Å². The van der Waals surface area contributed by atoms with Gasteiger partial charge in [-0.25, -0.2) is 0 Å². The van der Waals surface area contributed by atoms with E-state index >= 15 is 0 Å². The Labute approximate surface area is 117 Å². The van der Waals surface area contributed by atoms with E-state index in [1.54, 1.807) is 36.4 Å². The third-order valence-electron chi connectivity index (χ3n) is 2.76. The molecule has 20 heavy (non-hydrogen) atoms. The van der Waals surface area contributed by atoms with Gasteiger partial charge >= 0.3 is 0 Å². The molecule has 0 bridgehead atoms. The molecule has 2 rings (SSSR count). The van der Waals surface area contributed by atoms with Gasteiger partial charge in [0, 0.05) is 5.56 Å². The number of aldehydes is 1. The van der Waals surface area contributed by atoms with Gasteiger partial charge in [-0.3, -0.25) is 4.79 Å². The summed E-state index contributed by atoms with van der Waals surface area (Å²) in [5.41, 5.74) is 2.61. The van der Waals surface area contributed by atoms with E-state index in [4.69, 9.17) is 14.6 Å². The fourth-order valence-electron chi connectivity index (χ4n) is 1.66. The number of carbonyl (C=O) groups is 1. The van der Waals surface area contributed by atoms with E-state index in [0.29, 0.717) is 18.8 Å². The zero-order valence-corrected chi connectivity index (χ0v) is 11.0. The molecule has 0 unspecified atom stereocenters. The molecule has 0 spiro atoms. The summed E-state index contributed by atoms with van der Waals surface area (Å²) in [6.45, 7) is 1.06. The highest BCUT2D eigenvalue weighted by Crippen LogP contribution is 2.10. The summed E-state index contributed by atoms with van der Waals surface area (Å²) in [5, 5.41) is 9.14. The molecule has 2 aromatic carbocycles. The first-order valence-corrected chi connectivity index (χ1v) is 6.25. The van der Waals surface area contributed by atoms with Gasteiger partial charge < -0.3 is 14.6 Å². The van der Waals surface area contributed by atoms with Crippen LogP contribution < -0.4 is 0 Å². The number of benzene rings is 2.